The molecule has 2 saturated heterocycles. The van der Waals surface area contributed by atoms with E-state index >= 15 is 0 Å². The highest BCUT2D eigenvalue weighted by Gasteiger charge is 2.42. The van der Waals surface area contributed by atoms with Gasteiger partial charge in [0.1, 0.15) is 5.01 Å². The van der Waals surface area contributed by atoms with Crippen LogP contribution in [0.25, 0.3) is 0 Å². The van der Waals surface area contributed by atoms with Crippen LogP contribution in [0.4, 0.5) is 11.4 Å². The van der Waals surface area contributed by atoms with E-state index in [1.54, 1.807) is 12.3 Å². The molecule has 3 aliphatic rings. The number of aryl methyl sites for hydroxylation is 2. The van der Waals surface area contributed by atoms with E-state index in [-0.39, 0.29) is 23.6 Å². The van der Waals surface area contributed by atoms with Gasteiger partial charge in [0.25, 0.3) is 11.8 Å². The minimum atomic E-state index is -0.418. The number of thiazole rings is 1. The topological polar surface area (TPSA) is 77.1 Å². The number of hydrogen-bond acceptors (Lipinski definition) is 7. The van der Waals surface area contributed by atoms with Crippen molar-refractivity contribution < 1.29 is 14.4 Å². The second-order valence-electron chi connectivity index (χ2n) is 11.1. The van der Waals surface area contributed by atoms with Crippen molar-refractivity contribution in [1.82, 2.24) is 14.8 Å². The molecule has 0 saturated carbocycles. The molecule has 3 aromatic rings. The third-order valence-electron chi connectivity index (χ3n) is 8.59. The van der Waals surface area contributed by atoms with Gasteiger partial charge in [-0.2, -0.15) is 0 Å². The Bertz CT molecular complexity index is 1440. The van der Waals surface area contributed by atoms with Crippen LogP contribution in [0.2, 0.25) is 0 Å². The molecule has 0 spiro atoms. The third-order valence-corrected chi connectivity index (χ3v) is 9.54. The van der Waals surface area contributed by atoms with Crippen LogP contribution >= 0.6 is 11.3 Å². The molecule has 208 valence electrons. The Morgan fingerprint density at radius 2 is 1.65 bits per heavy atom. The fourth-order valence-corrected chi connectivity index (χ4v) is 7.09. The van der Waals surface area contributed by atoms with Crippen LogP contribution in [-0.4, -0.2) is 71.8 Å². The summed E-state index contributed by atoms with van der Waals surface area (Å²) >= 11 is 1.44. The van der Waals surface area contributed by atoms with Crippen molar-refractivity contribution in [2.45, 2.75) is 39.7 Å². The number of fused-ring (bicyclic) bond motifs is 1. The molecule has 0 bridgehead atoms. The van der Waals surface area contributed by atoms with Crippen LogP contribution in [0.5, 0.6) is 0 Å². The first-order chi connectivity index (χ1) is 19.3. The normalized spacial score (nSPS) is 18.9. The lowest BCUT2D eigenvalue weighted by Gasteiger charge is -2.40. The molecule has 9 heteroatoms. The molecule has 2 aromatic carbocycles. The highest BCUT2D eigenvalue weighted by molar-refractivity contribution is 7.09. The summed E-state index contributed by atoms with van der Waals surface area (Å²) in [5.74, 6) is -0.305. The number of hydrogen-bond donors (Lipinski definition) is 0. The number of piperazine rings is 1. The van der Waals surface area contributed by atoms with E-state index in [1.165, 1.54) is 33.1 Å². The number of piperidine rings is 1. The Morgan fingerprint density at radius 1 is 0.925 bits per heavy atom. The molecule has 0 N–H and O–H groups in total. The zero-order valence-electron chi connectivity index (χ0n) is 23.3. The Hall–Kier alpha value is -3.72. The highest BCUT2D eigenvalue weighted by atomic mass is 32.1. The average Bonchev–Trinajstić information content (AvgIpc) is 3.60. The number of amides is 3. The summed E-state index contributed by atoms with van der Waals surface area (Å²) < 4.78 is 0. The molecule has 40 heavy (non-hydrogen) atoms. The van der Waals surface area contributed by atoms with E-state index < -0.39 is 6.04 Å². The molecular formula is C31H35N5O3S. The van der Waals surface area contributed by atoms with Gasteiger partial charge in [0.15, 0.2) is 0 Å². The van der Waals surface area contributed by atoms with Crippen LogP contribution in [0.15, 0.2) is 48.0 Å². The minimum Gasteiger partial charge on any atom is -0.371 e. The van der Waals surface area contributed by atoms with Gasteiger partial charge in [-0.3, -0.25) is 19.3 Å². The predicted molar refractivity (Wildman–Crippen MR) is 157 cm³/mol. The number of benzene rings is 2. The number of aromatic nitrogens is 1. The second-order valence-corrected chi connectivity index (χ2v) is 12.0. The molecule has 3 aliphatic heterocycles. The lowest BCUT2D eigenvalue weighted by molar-refractivity contribution is -0.136. The van der Waals surface area contributed by atoms with Crippen molar-refractivity contribution >= 4 is 40.4 Å². The van der Waals surface area contributed by atoms with E-state index in [4.69, 9.17) is 0 Å². The summed E-state index contributed by atoms with van der Waals surface area (Å²) in [5.41, 5.74) is 5.52. The van der Waals surface area contributed by atoms with Gasteiger partial charge in [-0.1, -0.05) is 23.8 Å². The summed E-state index contributed by atoms with van der Waals surface area (Å²) in [7, 11) is 0. The van der Waals surface area contributed by atoms with Crippen LogP contribution < -0.4 is 9.80 Å². The van der Waals surface area contributed by atoms with Crippen molar-refractivity contribution in [3.63, 3.8) is 0 Å². The Labute approximate surface area is 239 Å². The first kappa shape index (κ1) is 26.5. The zero-order chi connectivity index (χ0) is 28.0. The lowest BCUT2D eigenvalue weighted by atomic mass is 9.93. The van der Waals surface area contributed by atoms with Crippen LogP contribution in [0.3, 0.4) is 0 Å². The maximum Gasteiger partial charge on any atom is 0.264 e. The van der Waals surface area contributed by atoms with Crippen LogP contribution in [-0.2, 0) is 4.79 Å². The van der Waals surface area contributed by atoms with Crippen molar-refractivity contribution in [3.8, 4) is 0 Å². The Kier molecular flexibility index (Phi) is 7.08. The number of nitrogens with zero attached hydrogens (tertiary/aromatic N) is 5. The van der Waals surface area contributed by atoms with Gasteiger partial charge in [-0.05, 0) is 57.4 Å². The van der Waals surface area contributed by atoms with E-state index in [1.807, 2.05) is 29.3 Å². The SMILES string of the molecule is Cc1ccc(N2CCN(C(=O)C3CCN(c4cccc5c4C(=O)N([C@@H](C)c4nccs4)C5=O)CC3)CC2)c(C)c1. The summed E-state index contributed by atoms with van der Waals surface area (Å²) in [5, 5.41) is 2.59. The number of imide groups is 1. The first-order valence-corrected chi connectivity index (χ1v) is 15.0. The number of anilines is 2. The van der Waals surface area contributed by atoms with Gasteiger partial charge in [-0.25, -0.2) is 4.98 Å². The van der Waals surface area contributed by atoms with Crippen molar-refractivity contribution in [3.05, 3.63) is 75.2 Å². The van der Waals surface area contributed by atoms with Crippen molar-refractivity contribution in [2.24, 2.45) is 5.92 Å². The molecule has 1 atom stereocenters. The molecule has 4 heterocycles. The monoisotopic (exact) mass is 557 g/mol. The predicted octanol–water partition coefficient (Wildman–Crippen LogP) is 4.68. The quantitative estimate of drug-likeness (QED) is 0.424. The van der Waals surface area contributed by atoms with E-state index in [0.717, 1.165) is 49.7 Å². The van der Waals surface area contributed by atoms with E-state index in [9.17, 15) is 14.4 Å². The average molecular weight is 558 g/mol. The number of rotatable bonds is 5. The van der Waals surface area contributed by atoms with Gasteiger partial charge in [0, 0.05) is 62.5 Å². The largest absolute Gasteiger partial charge is 0.371 e. The minimum absolute atomic E-state index is 0.0144. The van der Waals surface area contributed by atoms with Crippen molar-refractivity contribution in [1.29, 1.82) is 0 Å². The second kappa shape index (κ2) is 10.7. The number of carbonyl (C=O) groups is 3. The Balaban J connectivity index is 1.09. The molecule has 0 radical (unpaired) electrons. The smallest absolute Gasteiger partial charge is 0.264 e. The standard InChI is InChI=1S/C31H35N5O3S/c1-20-7-8-25(21(2)19-20)34-14-16-35(17-15-34)29(37)23-9-12-33(13-10-23)26-6-4-5-24-27(26)31(39)36(30(24)38)22(3)28-32-11-18-40-28/h4-8,11,18-19,22-23H,9-10,12-17H2,1-3H3/t22-/m0/s1. The summed E-state index contributed by atoms with van der Waals surface area (Å²) in [6.45, 7) is 10.6. The molecule has 8 nitrogen and oxygen atoms in total. The molecule has 3 amide bonds. The molecule has 1 aromatic heterocycles. The van der Waals surface area contributed by atoms with Crippen molar-refractivity contribution in [2.75, 3.05) is 49.1 Å². The maximum absolute atomic E-state index is 13.5. The fraction of sp³-hybridized carbons (Fsp3) is 0.419. The van der Waals surface area contributed by atoms with Crippen LogP contribution in [0, 0.1) is 19.8 Å². The summed E-state index contributed by atoms with van der Waals surface area (Å²) in [6.07, 6.45) is 3.17. The van der Waals surface area contributed by atoms with Gasteiger partial charge in [0.2, 0.25) is 5.91 Å². The molecule has 0 aliphatic carbocycles. The van der Waals surface area contributed by atoms with Gasteiger partial charge in [-0.15, -0.1) is 11.3 Å². The molecular weight excluding hydrogens is 522 g/mol. The number of carbonyl (C=O) groups excluding carboxylic acids is 3. The van der Waals surface area contributed by atoms with Gasteiger partial charge in [0.05, 0.1) is 22.9 Å². The lowest BCUT2D eigenvalue weighted by Crippen LogP contribution is -2.52. The highest BCUT2D eigenvalue weighted by Crippen LogP contribution is 2.38. The molecule has 6 rings (SSSR count). The van der Waals surface area contributed by atoms with E-state index in [0.29, 0.717) is 24.2 Å². The Morgan fingerprint density at radius 3 is 2.33 bits per heavy atom. The summed E-state index contributed by atoms with van der Waals surface area (Å²) in [4.78, 5) is 52.5. The summed E-state index contributed by atoms with van der Waals surface area (Å²) in [6, 6.07) is 11.7. The fourth-order valence-electron chi connectivity index (χ4n) is 6.41. The maximum atomic E-state index is 13.5. The molecule has 0 unspecified atom stereocenters. The van der Waals surface area contributed by atoms with Gasteiger partial charge >= 0.3 is 0 Å². The van der Waals surface area contributed by atoms with Crippen LogP contribution in [0.1, 0.15) is 62.7 Å². The van der Waals surface area contributed by atoms with E-state index in [2.05, 4.69) is 46.8 Å². The molecule has 2 fully saturated rings. The third kappa shape index (κ3) is 4.66. The zero-order valence-corrected chi connectivity index (χ0v) is 24.1. The first-order valence-electron chi connectivity index (χ1n) is 14.1. The van der Waals surface area contributed by atoms with Gasteiger partial charge < -0.3 is 14.7 Å².